The molecule has 0 aliphatic carbocycles. The molecule has 32 heavy (non-hydrogen) atoms. The van der Waals surface area contributed by atoms with Crippen molar-refractivity contribution in [3.63, 3.8) is 0 Å². The monoisotopic (exact) mass is 445 g/mol. The van der Waals surface area contributed by atoms with Crippen molar-refractivity contribution in [2.45, 2.75) is 50.2 Å². The molecule has 4 heterocycles. The Morgan fingerprint density at radius 1 is 1.09 bits per heavy atom. The second-order valence-corrected chi connectivity index (χ2v) is 9.04. The Kier molecular flexibility index (Phi) is 6.71. The van der Waals surface area contributed by atoms with Crippen molar-refractivity contribution in [1.82, 2.24) is 10.2 Å². The van der Waals surface area contributed by atoms with Gasteiger partial charge in [0.05, 0.1) is 19.3 Å². The molecule has 0 radical (unpaired) electrons. The molecule has 0 saturated carbocycles. The van der Waals surface area contributed by atoms with Crippen molar-refractivity contribution < 1.29 is 23.7 Å². The lowest BCUT2D eigenvalue weighted by Gasteiger charge is -2.39. The lowest BCUT2D eigenvalue weighted by atomic mass is 9.74. The van der Waals surface area contributed by atoms with Crippen LogP contribution >= 0.6 is 0 Å². The van der Waals surface area contributed by atoms with E-state index in [1.165, 1.54) is 5.56 Å². The second kappa shape index (κ2) is 9.85. The fourth-order valence-corrected chi connectivity index (χ4v) is 5.17. The largest absolute Gasteiger partial charge is 0.454 e. The number of hydrogen-bond donors (Lipinski definition) is 1. The summed E-state index contributed by atoms with van der Waals surface area (Å²) < 4.78 is 28.9. The van der Waals surface area contributed by atoms with Gasteiger partial charge >= 0.3 is 0 Å². The minimum absolute atomic E-state index is 0.0693. The minimum Gasteiger partial charge on any atom is -0.454 e. The van der Waals surface area contributed by atoms with Gasteiger partial charge in [0.25, 0.3) is 0 Å². The first-order chi connectivity index (χ1) is 15.8. The third-order valence-corrected chi connectivity index (χ3v) is 7.07. The quantitative estimate of drug-likeness (QED) is 0.551. The molecule has 0 aromatic heterocycles. The molecule has 4 aliphatic rings. The summed E-state index contributed by atoms with van der Waals surface area (Å²) in [6.45, 7) is 8.66. The Bertz CT molecular complexity index is 805. The maximum atomic E-state index is 6.05. The first kappa shape index (κ1) is 21.8. The first-order valence-electron chi connectivity index (χ1n) is 12.0. The maximum Gasteiger partial charge on any atom is 0.231 e. The Balaban J connectivity index is 1.36. The standard InChI is InChI=1S/C24H35N3O5/c1-2-25-23(27-9-13-30-22(15-27)19-4-3-10-29-19)26-16-24(7-11-28-12-8-24)18-5-6-20-21(14-18)32-17-31-20/h5-6,14,19,22H,2-4,7-13,15-17H2,1H3,(H,25,26). The summed E-state index contributed by atoms with van der Waals surface area (Å²) in [4.78, 5) is 7.51. The molecule has 1 aromatic rings. The molecular formula is C24H35N3O5. The SMILES string of the molecule is CCNC(=NCC1(c2ccc3c(c2)OCO3)CCOCC1)N1CCOC(C2CCCO2)C1. The van der Waals surface area contributed by atoms with Gasteiger partial charge in [0.2, 0.25) is 6.79 Å². The molecular weight excluding hydrogens is 410 g/mol. The lowest BCUT2D eigenvalue weighted by molar-refractivity contribution is -0.0817. The predicted octanol–water partition coefficient (Wildman–Crippen LogP) is 2.31. The van der Waals surface area contributed by atoms with E-state index >= 15 is 0 Å². The Labute approximate surface area is 190 Å². The van der Waals surface area contributed by atoms with Gasteiger partial charge in [-0.1, -0.05) is 6.07 Å². The summed E-state index contributed by atoms with van der Waals surface area (Å²) in [5, 5.41) is 3.52. The summed E-state index contributed by atoms with van der Waals surface area (Å²) in [5.74, 6) is 2.61. The van der Waals surface area contributed by atoms with Gasteiger partial charge in [-0.15, -0.1) is 0 Å². The fourth-order valence-electron chi connectivity index (χ4n) is 5.17. The third-order valence-electron chi connectivity index (χ3n) is 7.07. The van der Waals surface area contributed by atoms with Crippen molar-refractivity contribution in [2.75, 3.05) is 59.4 Å². The average Bonchev–Trinajstić information content (AvgIpc) is 3.54. The van der Waals surface area contributed by atoms with Crippen LogP contribution in [0.2, 0.25) is 0 Å². The Morgan fingerprint density at radius 3 is 2.75 bits per heavy atom. The highest BCUT2D eigenvalue weighted by atomic mass is 16.7. The number of ether oxygens (including phenoxy) is 5. The van der Waals surface area contributed by atoms with Crippen molar-refractivity contribution >= 4 is 5.96 Å². The van der Waals surface area contributed by atoms with Gasteiger partial charge < -0.3 is 33.9 Å². The molecule has 176 valence electrons. The van der Waals surface area contributed by atoms with E-state index in [9.17, 15) is 0 Å². The van der Waals surface area contributed by atoms with Crippen LogP contribution in [0, 0.1) is 0 Å². The average molecular weight is 446 g/mol. The van der Waals surface area contributed by atoms with E-state index in [1.807, 2.05) is 6.07 Å². The summed E-state index contributed by atoms with van der Waals surface area (Å²) in [6.07, 6.45) is 4.41. The molecule has 3 saturated heterocycles. The van der Waals surface area contributed by atoms with Gasteiger partial charge in [-0.3, -0.25) is 4.99 Å². The fraction of sp³-hybridized carbons (Fsp3) is 0.708. The Morgan fingerprint density at radius 2 is 1.94 bits per heavy atom. The van der Waals surface area contributed by atoms with Crippen molar-refractivity contribution in [1.29, 1.82) is 0 Å². The molecule has 5 rings (SSSR count). The lowest BCUT2D eigenvalue weighted by Crippen LogP contribution is -2.53. The van der Waals surface area contributed by atoms with Crippen LogP contribution in [-0.2, 0) is 19.6 Å². The number of rotatable bonds is 5. The summed E-state index contributed by atoms with van der Waals surface area (Å²) in [5.41, 5.74) is 1.18. The van der Waals surface area contributed by atoms with Crippen LogP contribution in [0.4, 0.5) is 0 Å². The van der Waals surface area contributed by atoms with E-state index in [0.717, 1.165) is 82.6 Å². The summed E-state index contributed by atoms with van der Waals surface area (Å²) >= 11 is 0. The van der Waals surface area contributed by atoms with Gasteiger partial charge in [-0.05, 0) is 50.3 Å². The highest BCUT2D eigenvalue weighted by molar-refractivity contribution is 5.80. The third kappa shape index (κ3) is 4.54. The van der Waals surface area contributed by atoms with E-state index in [-0.39, 0.29) is 17.6 Å². The van der Waals surface area contributed by atoms with Crippen molar-refractivity contribution in [3.05, 3.63) is 23.8 Å². The van der Waals surface area contributed by atoms with Gasteiger partial charge in [0, 0.05) is 44.9 Å². The molecule has 4 aliphatic heterocycles. The second-order valence-electron chi connectivity index (χ2n) is 9.04. The van der Waals surface area contributed by atoms with Crippen LogP contribution in [0.25, 0.3) is 0 Å². The molecule has 0 amide bonds. The topological polar surface area (TPSA) is 73.8 Å². The zero-order chi connectivity index (χ0) is 21.8. The highest BCUT2D eigenvalue weighted by Gasteiger charge is 2.37. The van der Waals surface area contributed by atoms with Crippen LogP contribution in [0.15, 0.2) is 23.2 Å². The van der Waals surface area contributed by atoms with Gasteiger partial charge in [-0.25, -0.2) is 0 Å². The number of benzene rings is 1. The molecule has 0 spiro atoms. The highest BCUT2D eigenvalue weighted by Crippen LogP contribution is 2.41. The van der Waals surface area contributed by atoms with Crippen LogP contribution in [0.1, 0.15) is 38.2 Å². The van der Waals surface area contributed by atoms with Crippen LogP contribution < -0.4 is 14.8 Å². The molecule has 3 fully saturated rings. The van der Waals surface area contributed by atoms with Gasteiger partial charge in [-0.2, -0.15) is 0 Å². The number of guanidine groups is 1. The number of nitrogens with one attached hydrogen (secondary N) is 1. The number of nitrogens with zero attached hydrogens (tertiary/aromatic N) is 2. The summed E-state index contributed by atoms with van der Waals surface area (Å²) in [6, 6.07) is 6.33. The van der Waals surface area contributed by atoms with Crippen molar-refractivity contribution in [3.8, 4) is 11.5 Å². The first-order valence-corrected chi connectivity index (χ1v) is 12.0. The smallest absolute Gasteiger partial charge is 0.231 e. The summed E-state index contributed by atoms with van der Waals surface area (Å²) in [7, 11) is 0. The number of aliphatic imine (C=N–C) groups is 1. The van der Waals surface area contributed by atoms with Crippen LogP contribution in [0.5, 0.6) is 11.5 Å². The predicted molar refractivity (Wildman–Crippen MR) is 121 cm³/mol. The molecule has 2 atom stereocenters. The van der Waals surface area contributed by atoms with E-state index in [1.54, 1.807) is 0 Å². The van der Waals surface area contributed by atoms with E-state index < -0.39 is 0 Å². The normalized spacial score (nSPS) is 27.5. The molecule has 0 bridgehead atoms. The number of fused-ring (bicyclic) bond motifs is 1. The number of hydrogen-bond acceptors (Lipinski definition) is 6. The molecule has 8 nitrogen and oxygen atoms in total. The Hall–Kier alpha value is -2.03. The zero-order valence-corrected chi connectivity index (χ0v) is 19.0. The maximum absolute atomic E-state index is 6.05. The molecule has 2 unspecified atom stereocenters. The van der Waals surface area contributed by atoms with Gasteiger partial charge in [0.1, 0.15) is 6.10 Å². The van der Waals surface area contributed by atoms with Crippen LogP contribution in [-0.4, -0.2) is 82.5 Å². The molecule has 1 N–H and O–H groups in total. The van der Waals surface area contributed by atoms with E-state index in [4.69, 9.17) is 28.7 Å². The minimum atomic E-state index is -0.0693. The zero-order valence-electron chi connectivity index (χ0n) is 19.0. The molecule has 8 heteroatoms. The number of morpholine rings is 1. The van der Waals surface area contributed by atoms with E-state index in [2.05, 4.69) is 29.3 Å². The van der Waals surface area contributed by atoms with Gasteiger partial charge in [0.15, 0.2) is 17.5 Å². The van der Waals surface area contributed by atoms with E-state index in [0.29, 0.717) is 19.9 Å². The van der Waals surface area contributed by atoms with Crippen LogP contribution in [0.3, 0.4) is 0 Å². The molecule has 1 aromatic carbocycles. The van der Waals surface area contributed by atoms with Crippen molar-refractivity contribution in [2.24, 2.45) is 4.99 Å².